The second kappa shape index (κ2) is 28.4. The van der Waals surface area contributed by atoms with E-state index < -0.39 is 11.6 Å². The van der Waals surface area contributed by atoms with Gasteiger partial charge in [0.2, 0.25) is 17.8 Å². The fraction of sp³-hybridized carbons (Fsp3) is 0.338. The Balaban J connectivity index is 0.000000167. The first-order chi connectivity index (χ1) is 46.1. The SMILES string of the molecule is C.CC(C)(C)OC(=O)N1CC(N)C1.CCc1nc2ccc(-c3cnc(N4CC(C(=O)NC5CNC5)C4)nc3)cn2c1N(C)c1nc(-c2ccc(F)cc2)c(C#N)s1.CCc1nc2ccc(-c3cnc(N4CC(C(=O)O)C4)nc3)cn2c1N(C)c1nc(-c2ccc(F)cc2)c(C#N)s1. The molecule has 25 nitrogen and oxygen atoms in total. The van der Waals surface area contributed by atoms with Crippen molar-refractivity contribution < 1.29 is 33.0 Å². The van der Waals surface area contributed by atoms with Crippen molar-refractivity contribution in [2.24, 2.45) is 17.6 Å². The molecular formula is C68H72F2N20O5S2. The Kier molecular flexibility index (Phi) is 19.8. The van der Waals surface area contributed by atoms with Crippen LogP contribution in [0.15, 0.2) is 110 Å². The summed E-state index contributed by atoms with van der Waals surface area (Å²) in [6, 6.07) is 24.6. The van der Waals surface area contributed by atoms with Crippen LogP contribution in [-0.4, -0.2) is 161 Å². The Morgan fingerprint density at radius 3 is 1.42 bits per heavy atom. The normalized spacial score (nSPS) is 14.7. The summed E-state index contributed by atoms with van der Waals surface area (Å²) in [5, 5.41) is 36.2. The van der Waals surface area contributed by atoms with Crippen LogP contribution in [0.25, 0.3) is 56.1 Å². The topological polar surface area (TPSA) is 306 Å². The fourth-order valence-corrected chi connectivity index (χ4v) is 12.8. The van der Waals surface area contributed by atoms with E-state index >= 15 is 0 Å². The lowest BCUT2D eigenvalue weighted by molar-refractivity contribution is -0.142. The van der Waals surface area contributed by atoms with Gasteiger partial charge in [-0.15, -0.1) is 0 Å². The van der Waals surface area contributed by atoms with Crippen molar-refractivity contribution in [3.05, 3.63) is 143 Å². The van der Waals surface area contributed by atoms with E-state index in [1.165, 1.54) is 46.9 Å². The van der Waals surface area contributed by atoms with Crippen LogP contribution in [0.4, 0.5) is 47.4 Å². The summed E-state index contributed by atoms with van der Waals surface area (Å²) in [5.74, 6) is 0.946. The first kappa shape index (κ1) is 67.8. The number of nitrogens with zero attached hydrogens (tertiary/aromatic N) is 17. The number of thiazole rings is 2. The molecule has 4 fully saturated rings. The number of likely N-dealkylation sites (tertiary alicyclic amines) is 1. The van der Waals surface area contributed by atoms with Crippen molar-refractivity contribution >= 4 is 85.7 Å². The summed E-state index contributed by atoms with van der Waals surface area (Å²) in [6.07, 6.45) is 12.1. The largest absolute Gasteiger partial charge is 0.481 e. The Bertz CT molecular complexity index is 4600. The highest BCUT2D eigenvalue weighted by atomic mass is 32.1. The number of nitrogens with two attached hydrogens (primary N) is 1. The molecule has 0 radical (unpaired) electrons. The molecule has 0 unspecified atom stereocenters. The second-order valence-corrected chi connectivity index (χ2v) is 26.5. The van der Waals surface area contributed by atoms with E-state index in [1.54, 1.807) is 54.0 Å². The Labute approximate surface area is 566 Å². The monoisotopic (exact) mass is 1350 g/mol. The lowest BCUT2D eigenvalue weighted by Gasteiger charge is -2.39. The van der Waals surface area contributed by atoms with Gasteiger partial charge in [0.15, 0.2) is 10.3 Å². The maximum atomic E-state index is 13.5. The lowest BCUT2D eigenvalue weighted by Crippen LogP contribution is -2.61. The van der Waals surface area contributed by atoms with Gasteiger partial charge in [-0.25, -0.2) is 53.4 Å². The summed E-state index contributed by atoms with van der Waals surface area (Å²) in [4.78, 5) is 82.3. The molecule has 12 heterocycles. The smallest absolute Gasteiger partial charge is 0.410 e. The van der Waals surface area contributed by atoms with Crippen molar-refractivity contribution in [1.82, 2.24) is 64.2 Å². The summed E-state index contributed by atoms with van der Waals surface area (Å²) in [7, 11) is 3.80. The number of nitriles is 2. The first-order valence-corrected chi connectivity index (χ1v) is 32.7. The number of carboxylic acids is 1. The van der Waals surface area contributed by atoms with Crippen LogP contribution in [-0.2, 0) is 27.2 Å². The summed E-state index contributed by atoms with van der Waals surface area (Å²) in [6.45, 7) is 14.6. The number of aryl methyl sites for hydroxylation is 2. The number of aliphatic carboxylic acids is 1. The number of hydrogen-bond acceptors (Lipinski definition) is 22. The van der Waals surface area contributed by atoms with E-state index in [9.17, 15) is 33.7 Å². The van der Waals surface area contributed by atoms with Gasteiger partial charge in [0, 0.05) is 143 Å². The number of anilines is 6. The number of aromatic nitrogens is 10. The third-order valence-electron chi connectivity index (χ3n) is 16.6. The standard InChI is InChI=1S/C31H29FN10OS.C28H23FN8O2S.C8H16N2O2.CH4/c1-3-24-29(40(2)31-39-27(25(10-33)44-31)18-4-7-22(32)8-5-18)42-17-19(6-9-26(42)38-24)20-11-35-30(36-12-20)41-15-21(16-41)28(43)37-23-13-34-14-23;1-3-21-25(35(2)28-34-24(22(10-30)40-28)16-4-7-20(29)8-5-16)37-15-17(6-9-23(37)33-21)18-11-31-27(32-12-18)36-13-19(14-36)26(38)39;1-8(2,3)12-7(11)10-4-6(9)5-10;/h4-9,11-12,17,21,23,34H,3,13-16H2,1-2H3,(H,37,43);4-9,11-12,15,19H,3,13-14H2,1-2H3,(H,38,39);6H,4-5,9H2,1-3H3;1H4. The maximum absolute atomic E-state index is 13.5. The van der Waals surface area contributed by atoms with Gasteiger partial charge in [-0.3, -0.25) is 18.4 Å². The van der Waals surface area contributed by atoms with Crippen molar-refractivity contribution in [2.75, 3.05) is 86.1 Å². The number of fused-ring (bicyclic) bond motifs is 2. The molecule has 5 N–H and O–H groups in total. The van der Waals surface area contributed by atoms with E-state index in [1.807, 2.05) is 114 Å². The molecule has 4 aliphatic rings. The van der Waals surface area contributed by atoms with Gasteiger partial charge in [-0.05, 0) is 106 Å². The summed E-state index contributed by atoms with van der Waals surface area (Å²) in [5.41, 5.74) is 14.2. The van der Waals surface area contributed by atoms with E-state index in [2.05, 4.69) is 42.7 Å². The number of carbonyl (C=O) groups excluding carboxylic acids is 2. The predicted octanol–water partition coefficient (Wildman–Crippen LogP) is 9.76. The predicted molar refractivity (Wildman–Crippen MR) is 368 cm³/mol. The minimum Gasteiger partial charge on any atom is -0.481 e. The van der Waals surface area contributed by atoms with Crippen LogP contribution in [0.5, 0.6) is 0 Å². The van der Waals surface area contributed by atoms with E-state index in [0.29, 0.717) is 107 Å². The number of amides is 2. The third-order valence-corrected chi connectivity index (χ3v) is 18.6. The zero-order valence-electron chi connectivity index (χ0n) is 53.6. The van der Waals surface area contributed by atoms with Crippen molar-refractivity contribution in [2.45, 2.75) is 72.6 Å². The molecule has 0 spiro atoms. The molecule has 4 aliphatic heterocycles. The molecule has 8 aromatic heterocycles. The molecule has 10 aromatic rings. The number of rotatable bonds is 15. The van der Waals surface area contributed by atoms with Crippen molar-refractivity contribution in [3.8, 4) is 56.9 Å². The van der Waals surface area contributed by atoms with E-state index in [-0.39, 0.29) is 55.0 Å². The molecule has 97 heavy (non-hydrogen) atoms. The van der Waals surface area contributed by atoms with Crippen LogP contribution in [0.3, 0.4) is 0 Å². The van der Waals surface area contributed by atoms with Gasteiger partial charge in [0.25, 0.3) is 0 Å². The molecular weight excluding hydrogens is 1280 g/mol. The van der Waals surface area contributed by atoms with Gasteiger partial charge in [-0.1, -0.05) is 43.9 Å². The third kappa shape index (κ3) is 14.5. The highest BCUT2D eigenvalue weighted by Crippen LogP contribution is 2.40. The lowest BCUT2D eigenvalue weighted by atomic mass is 9.98. The maximum Gasteiger partial charge on any atom is 0.410 e. The van der Waals surface area contributed by atoms with Crippen LogP contribution in [0.1, 0.15) is 63.2 Å². The van der Waals surface area contributed by atoms with Gasteiger partial charge < -0.3 is 50.7 Å². The Hall–Kier alpha value is -10.6. The number of nitrogens with one attached hydrogen (secondary N) is 2. The molecule has 2 aromatic carbocycles. The molecule has 2 amide bonds. The quantitative estimate of drug-likeness (QED) is 0.0742. The summed E-state index contributed by atoms with van der Waals surface area (Å²) >= 11 is 2.54. The molecule has 14 rings (SSSR count). The molecule has 0 bridgehead atoms. The highest BCUT2D eigenvalue weighted by Gasteiger charge is 2.37. The molecule has 0 aliphatic carbocycles. The highest BCUT2D eigenvalue weighted by molar-refractivity contribution is 7.17. The molecule has 4 saturated heterocycles. The Morgan fingerprint density at radius 1 is 0.649 bits per heavy atom. The molecule has 500 valence electrons. The number of hydrogen-bond donors (Lipinski definition) is 4. The van der Waals surface area contributed by atoms with Gasteiger partial charge >= 0.3 is 12.1 Å². The van der Waals surface area contributed by atoms with Crippen molar-refractivity contribution in [1.29, 1.82) is 10.5 Å². The van der Waals surface area contributed by atoms with Gasteiger partial charge in [-0.2, -0.15) is 10.5 Å². The average Bonchev–Trinajstić information content (AvgIpc) is 1.64. The van der Waals surface area contributed by atoms with Crippen LogP contribution < -0.4 is 36.0 Å². The number of carbonyl (C=O) groups is 3. The number of pyridine rings is 2. The van der Waals surface area contributed by atoms with E-state index in [4.69, 9.17) is 35.5 Å². The molecule has 0 saturated carbocycles. The van der Waals surface area contributed by atoms with Crippen LogP contribution in [0.2, 0.25) is 0 Å². The minimum atomic E-state index is -0.804. The second-order valence-electron chi connectivity index (χ2n) is 24.6. The summed E-state index contributed by atoms with van der Waals surface area (Å²) < 4.78 is 36.1. The number of halogens is 2. The number of ether oxygens (including phenoxy) is 1. The zero-order chi connectivity index (χ0) is 67.7. The molecule has 0 atom stereocenters. The average molecular weight is 1350 g/mol. The number of carboxylic acid groups (broad SMARTS) is 1. The van der Waals surface area contributed by atoms with Crippen molar-refractivity contribution in [3.63, 3.8) is 0 Å². The van der Waals surface area contributed by atoms with Crippen LogP contribution >= 0.6 is 22.7 Å². The van der Waals surface area contributed by atoms with Gasteiger partial charge in [0.05, 0.1) is 29.3 Å². The zero-order valence-corrected chi connectivity index (χ0v) is 55.2. The van der Waals surface area contributed by atoms with Crippen LogP contribution in [0, 0.1) is 46.1 Å². The number of benzene rings is 2. The first-order valence-electron chi connectivity index (χ1n) is 31.1. The van der Waals surface area contributed by atoms with E-state index in [0.717, 1.165) is 69.7 Å². The minimum absolute atomic E-state index is 0. The fourth-order valence-electron chi connectivity index (χ4n) is 11.1. The number of imidazole rings is 2. The van der Waals surface area contributed by atoms with Gasteiger partial charge in [0.1, 0.15) is 73.4 Å². The Morgan fingerprint density at radius 2 is 1.06 bits per heavy atom. The molecule has 29 heteroatoms.